The number of amides is 6. The van der Waals surface area contributed by atoms with E-state index in [0.717, 1.165) is 89.0 Å². The Hall–Kier alpha value is -9.39. The largest absolute Gasteiger partial charge is 0.493 e. The van der Waals surface area contributed by atoms with E-state index in [9.17, 15) is 63.9 Å². The minimum Gasteiger partial charge on any atom is -0.493 e. The number of ether oxygens (including phenoxy) is 5. The Kier molecular flexibility index (Phi) is 21.8. The Bertz CT molecular complexity index is 4030. The number of imide groups is 1. The van der Waals surface area contributed by atoms with Crippen molar-refractivity contribution in [3.05, 3.63) is 125 Å². The molecule has 0 spiro atoms. The average Bonchev–Trinajstić information content (AvgIpc) is 1.48. The van der Waals surface area contributed by atoms with Crippen LogP contribution in [0, 0.1) is 23.2 Å². The minimum atomic E-state index is -1.96. The van der Waals surface area contributed by atoms with Crippen LogP contribution in [0.25, 0.3) is 21.3 Å². The van der Waals surface area contributed by atoms with Gasteiger partial charge in [0.1, 0.15) is 48.8 Å². The van der Waals surface area contributed by atoms with Crippen molar-refractivity contribution in [3.63, 3.8) is 0 Å². The number of fused-ring (bicyclic) bond motifs is 4. The number of para-hydroxylation sites is 1. The number of carboxylic acids is 2. The van der Waals surface area contributed by atoms with Gasteiger partial charge in [-0.15, -0.1) is 0 Å². The summed E-state index contributed by atoms with van der Waals surface area (Å²) in [4.78, 5) is 115. The van der Waals surface area contributed by atoms with E-state index in [4.69, 9.17) is 33.8 Å². The van der Waals surface area contributed by atoms with Crippen molar-refractivity contribution in [1.29, 1.82) is 0 Å². The van der Waals surface area contributed by atoms with Crippen LogP contribution in [0.5, 0.6) is 11.5 Å². The molecular weight excluding hydrogens is 1300 g/mol. The zero-order chi connectivity index (χ0) is 70.3. The molecule has 2 saturated carbocycles. The highest BCUT2D eigenvalue weighted by Gasteiger charge is 2.53. The molecule has 8 N–H and O–H groups in total. The molecule has 3 unspecified atom stereocenters. The Morgan fingerprint density at radius 2 is 1.65 bits per heavy atom. The van der Waals surface area contributed by atoms with E-state index >= 15 is 0 Å². The summed E-state index contributed by atoms with van der Waals surface area (Å²) in [7, 11) is 1.49. The van der Waals surface area contributed by atoms with E-state index in [0.29, 0.717) is 65.9 Å². The number of hydrogen-bond donors (Lipinski definition) is 8. The van der Waals surface area contributed by atoms with Crippen molar-refractivity contribution in [2.45, 2.75) is 135 Å². The lowest BCUT2D eigenvalue weighted by Crippen LogP contribution is -2.61. The van der Waals surface area contributed by atoms with Crippen LogP contribution in [0.2, 0.25) is 0 Å². The van der Waals surface area contributed by atoms with Crippen molar-refractivity contribution in [3.8, 4) is 22.6 Å². The van der Waals surface area contributed by atoms with Crippen LogP contribution >= 0.6 is 11.3 Å². The number of aliphatic hydroxyl groups is 3. The summed E-state index contributed by atoms with van der Waals surface area (Å²) >= 11 is 1.41. The molecular formula is C70H82N10O18S. The first-order valence-electron chi connectivity index (χ1n) is 33.1. The molecule has 3 aromatic carbocycles. The summed E-state index contributed by atoms with van der Waals surface area (Å²) < 4.78 is 32.3. The smallest absolute Gasteiger partial charge is 0.410 e. The number of aliphatic carboxylic acids is 1. The topological polar surface area (TPSA) is 373 Å². The van der Waals surface area contributed by atoms with Crippen molar-refractivity contribution >= 4 is 80.1 Å². The second-order valence-electron chi connectivity index (χ2n) is 26.8. The molecule has 8 atom stereocenters. The summed E-state index contributed by atoms with van der Waals surface area (Å²) in [6.45, 7) is 7.91. The van der Waals surface area contributed by atoms with Gasteiger partial charge in [0.25, 0.3) is 17.7 Å². The minimum absolute atomic E-state index is 0.0143. The molecule has 2 bridgehead atoms. The standard InChI is InChI=1S/C70H82N10O18S/c1-41-47(45-16-17-52(75-57(45)63(89)90)78-26-20-42-10-7-11-46(48(42)34-78)62(88)76-66-74-49-12-5-6-13-51(49)99-66)33-73-80(41)40-70-23-8-22-68(2,38-70)37-69(3,39-70)24-30-94-31-28-77(27-21-53(81)71-4)67(93)96-36-43-14-15-44(97-65-60(87)58(85)59(86)61(98-65)64(91)92)32-50(43)95-29-9-25-72-54(82)35-79-55(83)18-19-56(79)84/h5-7,10-19,32-33,58-61,65,85-87H,8-9,20-31,34-40H2,1-4H3,(H,71,81)(H,72,82)(H,89,90)(H,91,92)(H,74,76,88)/t58-,59-,60+,61-,65+,68?,69?,70?/m0/s1. The van der Waals surface area contributed by atoms with Gasteiger partial charge in [0.15, 0.2) is 16.9 Å². The molecule has 5 aliphatic rings. The Balaban J connectivity index is 0.710. The first-order chi connectivity index (χ1) is 47.4. The maximum atomic E-state index is 14.0. The van der Waals surface area contributed by atoms with Crippen LogP contribution in [-0.4, -0.2) is 193 Å². The maximum Gasteiger partial charge on any atom is 0.410 e. The Morgan fingerprint density at radius 3 is 2.41 bits per heavy atom. The molecule has 6 aromatic rings. The van der Waals surface area contributed by atoms with E-state index in [1.807, 2.05) is 65.0 Å². The molecule has 11 rings (SSSR count). The molecule has 6 amide bonds. The van der Waals surface area contributed by atoms with E-state index in [-0.39, 0.29) is 97.5 Å². The number of rotatable bonds is 28. The molecule has 2 aliphatic carbocycles. The van der Waals surface area contributed by atoms with Gasteiger partial charge in [-0.2, -0.15) is 5.10 Å². The number of aromatic nitrogens is 4. The highest BCUT2D eigenvalue weighted by molar-refractivity contribution is 7.22. The lowest BCUT2D eigenvalue weighted by Gasteiger charge is -2.58. The first-order valence-corrected chi connectivity index (χ1v) is 33.9. The third kappa shape index (κ3) is 16.5. The second-order valence-corrected chi connectivity index (χ2v) is 27.9. The number of nitrogens with zero attached hydrogens (tertiary/aromatic N) is 7. The van der Waals surface area contributed by atoms with Crippen LogP contribution in [0.15, 0.2) is 91.1 Å². The van der Waals surface area contributed by atoms with E-state index in [1.54, 1.807) is 12.3 Å². The quantitative estimate of drug-likeness (QED) is 0.0206. The number of aliphatic hydroxyl groups excluding tert-OH is 3. The number of carbonyl (C=O) groups is 8. The van der Waals surface area contributed by atoms with Gasteiger partial charge in [-0.3, -0.25) is 38.9 Å². The summed E-state index contributed by atoms with van der Waals surface area (Å²) in [5.41, 5.74) is 5.17. The second kappa shape index (κ2) is 30.4. The van der Waals surface area contributed by atoms with Gasteiger partial charge in [0.2, 0.25) is 18.1 Å². The SMILES string of the molecule is CNC(=O)CCN(CCOCCC1(C)CC2(C)CCCC(Cn3ncc(-c4ccc(N5CCc6cccc(C(=O)Nc7nc8ccccc8s7)c6C5)nc4C(=O)O)c3C)(C2)C1)C(=O)OCc1ccc(O[C@@H]2O[C@H](C(=O)O)[C@@H](O)[C@H](O)[C@H]2O)cc1OCCCNC(=O)CN1C(=O)C=CC1=O. The van der Waals surface area contributed by atoms with E-state index in [1.165, 1.54) is 41.5 Å². The molecule has 526 valence electrons. The number of aromatic carboxylic acids is 1. The average molecular weight is 1380 g/mol. The van der Waals surface area contributed by atoms with Crippen molar-refractivity contribution in [2.24, 2.45) is 16.2 Å². The predicted molar refractivity (Wildman–Crippen MR) is 359 cm³/mol. The van der Waals surface area contributed by atoms with Gasteiger partial charge in [-0.05, 0) is 128 Å². The number of pyridine rings is 1. The van der Waals surface area contributed by atoms with Crippen molar-refractivity contribution in [1.82, 2.24) is 40.2 Å². The Labute approximate surface area is 574 Å². The summed E-state index contributed by atoms with van der Waals surface area (Å²) in [6, 6.07) is 21.3. The van der Waals surface area contributed by atoms with Gasteiger partial charge >= 0.3 is 18.0 Å². The monoisotopic (exact) mass is 1380 g/mol. The number of carboxylic acid groups (broad SMARTS) is 2. The molecule has 6 heterocycles. The van der Waals surface area contributed by atoms with Gasteiger partial charge < -0.3 is 69.7 Å². The van der Waals surface area contributed by atoms with Crippen LogP contribution in [0.1, 0.15) is 115 Å². The van der Waals surface area contributed by atoms with Crippen LogP contribution in [-0.2, 0) is 64.3 Å². The fourth-order valence-corrected chi connectivity index (χ4v) is 15.7. The van der Waals surface area contributed by atoms with Crippen LogP contribution < -0.4 is 30.3 Å². The maximum absolute atomic E-state index is 14.0. The fraction of sp³-hybridized carbons (Fsp3) is 0.471. The number of nitrogens with one attached hydrogen (secondary N) is 3. The van der Waals surface area contributed by atoms with Crippen LogP contribution in [0.3, 0.4) is 0 Å². The molecule has 99 heavy (non-hydrogen) atoms. The highest BCUT2D eigenvalue weighted by Crippen LogP contribution is 2.63. The lowest BCUT2D eigenvalue weighted by molar-refractivity contribution is -0.271. The Morgan fingerprint density at radius 1 is 0.848 bits per heavy atom. The number of thiazole rings is 1. The zero-order valence-corrected chi connectivity index (χ0v) is 56.3. The summed E-state index contributed by atoms with van der Waals surface area (Å²) in [5.74, 6) is -4.65. The number of benzene rings is 3. The van der Waals surface area contributed by atoms with E-state index in [2.05, 4.69) is 34.8 Å². The number of carbonyl (C=O) groups excluding carboxylic acids is 6. The molecule has 0 radical (unpaired) electrons. The number of hydrogen-bond acceptors (Lipinski definition) is 21. The molecule has 1 saturated heterocycles. The molecule has 29 heteroatoms. The normalized spacial score (nSPS) is 23.3. The zero-order valence-electron chi connectivity index (χ0n) is 55.5. The van der Waals surface area contributed by atoms with Gasteiger partial charge in [0.05, 0.1) is 29.6 Å². The van der Waals surface area contributed by atoms with Gasteiger partial charge in [-0.1, -0.05) is 55.9 Å². The van der Waals surface area contributed by atoms with Gasteiger partial charge in [-0.25, -0.2) is 24.4 Å². The summed E-state index contributed by atoms with van der Waals surface area (Å²) in [6.07, 6.45) is 1.13. The van der Waals surface area contributed by atoms with Crippen molar-refractivity contribution < 1.29 is 87.6 Å². The molecule has 3 fully saturated rings. The third-order valence-electron chi connectivity index (χ3n) is 19.3. The van der Waals surface area contributed by atoms with Crippen LogP contribution in [0.4, 0.5) is 15.7 Å². The molecule has 3 aromatic heterocycles. The highest BCUT2D eigenvalue weighted by atomic mass is 32.1. The van der Waals surface area contributed by atoms with Crippen molar-refractivity contribution in [2.75, 3.05) is 69.8 Å². The fourth-order valence-electron chi connectivity index (χ4n) is 14.8. The first kappa shape index (κ1) is 70.9. The molecule has 28 nitrogen and oxygen atoms in total. The van der Waals surface area contributed by atoms with E-state index < -0.39 is 73.0 Å². The lowest BCUT2D eigenvalue weighted by atomic mass is 9.48. The predicted octanol–water partition coefficient (Wildman–Crippen LogP) is 6.01. The number of anilines is 2. The summed E-state index contributed by atoms with van der Waals surface area (Å²) in [5, 5.41) is 65.2. The third-order valence-corrected chi connectivity index (χ3v) is 20.3. The van der Waals surface area contributed by atoms with Gasteiger partial charge in [0, 0.05) is 106 Å². The molecule has 3 aliphatic heterocycles.